The first-order valence-corrected chi connectivity index (χ1v) is 11.4. The highest BCUT2D eigenvalue weighted by Crippen LogP contribution is 2.32. The lowest BCUT2D eigenvalue weighted by Crippen LogP contribution is -2.43. The van der Waals surface area contributed by atoms with Crippen LogP contribution >= 0.6 is 0 Å². The highest BCUT2D eigenvalue weighted by molar-refractivity contribution is 7.90. The number of carbonyl (C=O) groups is 1. The van der Waals surface area contributed by atoms with E-state index < -0.39 is 38.1 Å². The van der Waals surface area contributed by atoms with E-state index in [0.29, 0.717) is 17.9 Å². The summed E-state index contributed by atoms with van der Waals surface area (Å²) in [4.78, 5) is 12.0. The molecule has 5 nitrogen and oxygen atoms in total. The van der Waals surface area contributed by atoms with E-state index in [0.717, 1.165) is 37.5 Å². The molecule has 0 bridgehead atoms. The molecule has 1 aliphatic rings. The van der Waals surface area contributed by atoms with Crippen LogP contribution in [0, 0.1) is 11.8 Å². The molecule has 30 heavy (non-hydrogen) atoms. The first kappa shape index (κ1) is 22.4. The lowest BCUT2D eigenvalue weighted by atomic mass is 9.78. The molecule has 0 aliphatic heterocycles. The maximum atomic E-state index is 12.9. The van der Waals surface area contributed by atoms with Crippen molar-refractivity contribution < 1.29 is 30.8 Å². The number of alkyl halides is 3. The maximum absolute atomic E-state index is 12.9. The first-order valence-electron chi connectivity index (χ1n) is 9.77. The highest BCUT2D eigenvalue weighted by atomic mass is 32.2. The third-order valence-electron chi connectivity index (χ3n) is 5.76. The third kappa shape index (κ3) is 5.06. The Morgan fingerprint density at radius 2 is 1.90 bits per heavy atom. The second-order valence-corrected chi connectivity index (χ2v) is 9.89. The monoisotopic (exact) mass is 443 g/mol. The van der Waals surface area contributed by atoms with Crippen molar-refractivity contribution in [1.82, 2.24) is 5.32 Å². The quantitative estimate of drug-likeness (QED) is 0.718. The van der Waals surface area contributed by atoms with Crippen LogP contribution in [0.4, 0.5) is 13.2 Å². The lowest BCUT2D eigenvalue weighted by molar-refractivity contribution is -0.137. The Hall–Kier alpha value is -2.29. The maximum Gasteiger partial charge on any atom is 0.416 e. The summed E-state index contributed by atoms with van der Waals surface area (Å²) < 4.78 is 69.0. The minimum Gasteiger partial charge on any atom is -0.455 e. The van der Waals surface area contributed by atoms with Gasteiger partial charge in [0.1, 0.15) is 11.5 Å². The van der Waals surface area contributed by atoms with Crippen molar-refractivity contribution in [3.05, 3.63) is 53.5 Å². The number of hydrogen-bond acceptors (Lipinski definition) is 4. The van der Waals surface area contributed by atoms with Gasteiger partial charge in [0.15, 0.2) is 15.6 Å². The Kier molecular flexibility index (Phi) is 6.31. The molecule has 1 N–H and O–H groups in total. The van der Waals surface area contributed by atoms with E-state index >= 15 is 0 Å². The molecule has 1 saturated carbocycles. The van der Waals surface area contributed by atoms with Crippen LogP contribution in [0.2, 0.25) is 0 Å². The number of rotatable bonds is 5. The molecule has 3 atom stereocenters. The van der Waals surface area contributed by atoms with E-state index in [1.165, 1.54) is 12.1 Å². The van der Waals surface area contributed by atoms with Gasteiger partial charge >= 0.3 is 6.18 Å². The second kappa shape index (κ2) is 8.45. The molecule has 0 spiro atoms. The van der Waals surface area contributed by atoms with Crippen LogP contribution in [-0.4, -0.2) is 20.4 Å². The van der Waals surface area contributed by atoms with Gasteiger partial charge in [-0.2, -0.15) is 13.2 Å². The number of nitrogens with one attached hydrogen (secondary N) is 1. The smallest absolute Gasteiger partial charge is 0.416 e. The molecule has 164 valence electrons. The molecule has 9 heteroatoms. The van der Waals surface area contributed by atoms with Gasteiger partial charge in [-0.05, 0) is 48.6 Å². The van der Waals surface area contributed by atoms with Crippen LogP contribution in [0.25, 0.3) is 0 Å². The molecule has 0 saturated heterocycles. The molecule has 1 aromatic heterocycles. The number of sulfone groups is 1. The summed E-state index contributed by atoms with van der Waals surface area (Å²) in [5, 5.41) is 2.94. The van der Waals surface area contributed by atoms with Gasteiger partial charge in [0.25, 0.3) is 5.91 Å². The molecule has 1 heterocycles. The van der Waals surface area contributed by atoms with Gasteiger partial charge in [-0.3, -0.25) is 4.79 Å². The Bertz CT molecular complexity index is 1010. The fourth-order valence-electron chi connectivity index (χ4n) is 3.74. The van der Waals surface area contributed by atoms with Crippen molar-refractivity contribution in [2.24, 2.45) is 11.8 Å². The number of benzene rings is 1. The summed E-state index contributed by atoms with van der Waals surface area (Å²) in [6.45, 7) is 4.23. The van der Waals surface area contributed by atoms with Crippen LogP contribution in [0.5, 0.6) is 0 Å². The normalized spacial score (nSPS) is 22.6. The van der Waals surface area contributed by atoms with Gasteiger partial charge in [-0.1, -0.05) is 32.8 Å². The Morgan fingerprint density at radius 3 is 2.60 bits per heavy atom. The summed E-state index contributed by atoms with van der Waals surface area (Å²) in [5.41, 5.74) is -1.04. The van der Waals surface area contributed by atoms with E-state index in [4.69, 9.17) is 4.42 Å². The molecular weight excluding hydrogens is 419 g/mol. The number of halogens is 3. The van der Waals surface area contributed by atoms with Gasteiger partial charge in [-0.15, -0.1) is 0 Å². The number of carbonyl (C=O) groups excluding carboxylic acids is 1. The zero-order valence-corrected chi connectivity index (χ0v) is 17.5. The van der Waals surface area contributed by atoms with Gasteiger partial charge in [0.05, 0.1) is 10.5 Å². The van der Waals surface area contributed by atoms with Crippen molar-refractivity contribution in [2.45, 2.75) is 56.0 Å². The largest absolute Gasteiger partial charge is 0.455 e. The molecule has 1 fully saturated rings. The minimum absolute atomic E-state index is 0.0115. The van der Waals surface area contributed by atoms with Crippen molar-refractivity contribution in [3.63, 3.8) is 0 Å². The highest BCUT2D eigenvalue weighted by Gasteiger charge is 2.32. The number of hydrogen-bond donors (Lipinski definition) is 1. The van der Waals surface area contributed by atoms with E-state index in [1.807, 2.05) is 0 Å². The summed E-state index contributed by atoms with van der Waals surface area (Å²) in [7, 11) is -4.08. The van der Waals surface area contributed by atoms with E-state index in [2.05, 4.69) is 19.2 Å². The standard InChI is InChI=1S/C21H24F3NO4S/c1-13-5-3-8-18(14(13)2)25-20(26)19-10-9-16(29-19)12-30(27,28)17-7-4-6-15(11-17)21(22,23)24/h4,6-7,9-11,13-14,18H,3,5,8,12H2,1-2H3,(H,25,26). The molecule has 0 radical (unpaired) electrons. The molecule has 3 unspecified atom stereocenters. The van der Waals surface area contributed by atoms with Crippen molar-refractivity contribution >= 4 is 15.7 Å². The van der Waals surface area contributed by atoms with Crippen molar-refractivity contribution in [3.8, 4) is 0 Å². The van der Waals surface area contributed by atoms with Crippen molar-refractivity contribution in [2.75, 3.05) is 0 Å². The predicted molar refractivity (Wildman–Crippen MR) is 104 cm³/mol. The Labute approximate surface area is 173 Å². The van der Waals surface area contributed by atoms with Crippen LogP contribution in [0.3, 0.4) is 0 Å². The average molecular weight is 443 g/mol. The third-order valence-corrected chi connectivity index (χ3v) is 7.40. The molecule has 1 amide bonds. The fraction of sp³-hybridized carbons (Fsp3) is 0.476. The van der Waals surface area contributed by atoms with Crippen LogP contribution in [-0.2, 0) is 21.8 Å². The summed E-state index contributed by atoms with van der Waals surface area (Å²) >= 11 is 0. The topological polar surface area (TPSA) is 76.4 Å². The summed E-state index contributed by atoms with van der Waals surface area (Å²) in [6, 6.07) is 6.30. The molecule has 2 aromatic rings. The van der Waals surface area contributed by atoms with E-state index in [1.54, 1.807) is 0 Å². The first-order chi connectivity index (χ1) is 14.0. The molecule has 1 aromatic carbocycles. The van der Waals surface area contributed by atoms with E-state index in [-0.39, 0.29) is 17.6 Å². The van der Waals surface area contributed by atoms with Gasteiger partial charge in [0.2, 0.25) is 0 Å². The summed E-state index contributed by atoms with van der Waals surface area (Å²) in [6.07, 6.45) is -1.63. The van der Waals surface area contributed by atoms with Crippen LogP contribution in [0.15, 0.2) is 45.7 Å². The van der Waals surface area contributed by atoms with E-state index in [9.17, 15) is 26.4 Å². The average Bonchev–Trinajstić information content (AvgIpc) is 3.13. The van der Waals surface area contributed by atoms with Crippen LogP contribution in [0.1, 0.15) is 55.0 Å². The predicted octanol–water partition coefficient (Wildman–Crippen LogP) is 4.83. The minimum atomic E-state index is -4.64. The second-order valence-electron chi connectivity index (χ2n) is 7.90. The van der Waals surface area contributed by atoms with Crippen LogP contribution < -0.4 is 5.32 Å². The van der Waals surface area contributed by atoms with Crippen molar-refractivity contribution in [1.29, 1.82) is 0 Å². The van der Waals surface area contributed by atoms with Gasteiger partial charge in [-0.25, -0.2) is 8.42 Å². The number of furan rings is 1. The Morgan fingerprint density at radius 1 is 1.17 bits per heavy atom. The number of amides is 1. The zero-order valence-electron chi connectivity index (χ0n) is 16.7. The zero-order chi connectivity index (χ0) is 22.1. The van der Waals surface area contributed by atoms with Gasteiger partial charge < -0.3 is 9.73 Å². The lowest BCUT2D eigenvalue weighted by Gasteiger charge is -2.34. The summed E-state index contributed by atoms with van der Waals surface area (Å²) in [5.74, 6) is -0.286. The SMILES string of the molecule is CC1CCCC(NC(=O)c2ccc(CS(=O)(=O)c3cccc(C(F)(F)F)c3)o2)C1C. The fourth-order valence-corrected chi connectivity index (χ4v) is 5.03. The molecular formula is C21H24F3NO4S. The van der Waals surface area contributed by atoms with Gasteiger partial charge in [0, 0.05) is 6.04 Å². The Balaban J connectivity index is 1.71. The molecule has 3 rings (SSSR count). The molecule has 1 aliphatic carbocycles.